The van der Waals surface area contributed by atoms with Gasteiger partial charge in [0.1, 0.15) is 54.4 Å². The number of aromatic nitrogens is 2. The number of nitrogens with two attached hydrogens (primary N) is 3. The van der Waals surface area contributed by atoms with Crippen LogP contribution in [0.2, 0.25) is 0 Å². The number of carbonyl (C=O) groups is 16. The maximum atomic E-state index is 14.2. The number of carboxylic acid groups (broad SMARTS) is 2. The second-order valence-electron chi connectivity index (χ2n) is 23.5. The van der Waals surface area contributed by atoms with Gasteiger partial charge in [-0.05, 0) is 77.3 Å². The lowest BCUT2D eigenvalue weighted by Crippen LogP contribution is -2.63. The normalized spacial score (nSPS) is 15.0. The lowest BCUT2D eigenvalue weighted by molar-refractivity contribution is -0.142. The number of unbranched alkanes of at least 4 members (excludes halogenated alkanes) is 1. The molecule has 25 N–H and O–H groups in total. The largest absolute Gasteiger partial charge is 0.481 e. The molecule has 1 heterocycles. The van der Waals surface area contributed by atoms with Crippen molar-refractivity contribution in [1.29, 1.82) is 0 Å². The lowest BCUT2D eigenvalue weighted by Gasteiger charge is -2.28. The van der Waals surface area contributed by atoms with Gasteiger partial charge in [-0.25, -0.2) is 4.98 Å². The first kappa shape index (κ1) is 85.0. The number of benzene rings is 1. The Hall–Kier alpha value is -10.1. The molecule has 550 valence electrons. The quantitative estimate of drug-likeness (QED) is 0.0274. The second kappa shape index (κ2) is 44.0. The molecular weight excluding hydrogens is 1310 g/mol. The Bertz CT molecular complexity index is 3080. The molecule has 0 spiro atoms. The molecule has 1 aromatic carbocycles. The number of H-pyrrole nitrogens is 1. The number of hydrogen-bond acceptors (Lipinski definition) is 23. The standard InChI is InChI=1S/C60H93N17O22/c1-29(2)19-39(54(93)74-42(26-78)57(96)70-37(13-9-10-18-61)53(92)69-36(30(3)80)14-16-44(63)83)71-55(94)41(22-48(88)89)72-58(97)43(27-79)75-60(99)50(32(5)82)77-56(95)40(20-33-11-7-6-8-12-33)73-59(98)49(31(4)81)76-46(85)25-66-52(91)38(15-17-47(86)87)68-45(84)24-65-51(90)35(62)21-34-23-64-28-67-34/h6-8,11-12,23,28-29,31-32,35-43,49-50,78-79,81-82H,9-10,13-22,24-27,61-62H2,1-5H3,(H2,63,83)(H,64,67)(H,65,90)(H,66,91)(H,68,84)(H,69,92)(H,70,96)(H,71,94)(H,72,97)(H,73,98)(H,74,93)(H,75,99)(H,76,85)(H,77,95)(H,86,87)(H,88,89)/t31?,32?,35-,36-,37-,38-,39-,40-,41-,42-,43-,49-,50-/m0/s1. The highest BCUT2D eigenvalue weighted by atomic mass is 16.4. The van der Waals surface area contributed by atoms with Gasteiger partial charge in [0.15, 0.2) is 5.78 Å². The number of nitrogens with one attached hydrogen (secondary N) is 13. The van der Waals surface area contributed by atoms with Crippen LogP contribution in [0.4, 0.5) is 0 Å². The van der Waals surface area contributed by atoms with E-state index in [1.807, 2.05) is 0 Å². The highest BCUT2D eigenvalue weighted by Crippen LogP contribution is 2.12. The maximum absolute atomic E-state index is 14.2. The average Bonchev–Trinajstić information content (AvgIpc) is 1.41. The molecule has 0 aliphatic rings. The maximum Gasteiger partial charge on any atom is 0.305 e. The first-order chi connectivity index (χ1) is 46.6. The van der Waals surface area contributed by atoms with Crippen molar-refractivity contribution in [2.75, 3.05) is 32.8 Å². The van der Waals surface area contributed by atoms with Crippen LogP contribution >= 0.6 is 0 Å². The summed E-state index contributed by atoms with van der Waals surface area (Å²) in [6.07, 6.45) is -3.44. The SMILES string of the molecule is CC(=O)[C@H](CCC(N)=O)NC(=O)[C@H](CCCCN)NC(=O)[C@H](CO)NC(=O)[C@H](CC(C)C)NC(=O)[C@H](CC(=O)O)NC(=O)[C@H](CO)NC(=O)[C@@H](NC(=O)[C@H](Cc1ccccc1)NC(=O)[C@@H](NC(=O)CNC(=O)[C@H](CCC(=O)O)NC(=O)CNC(=O)[C@@H](N)Cc1cnc[nH]1)C(C)O)C(C)O. The van der Waals surface area contributed by atoms with Crippen molar-refractivity contribution in [3.8, 4) is 0 Å². The van der Waals surface area contributed by atoms with Crippen LogP contribution < -0.4 is 81.0 Å². The van der Waals surface area contributed by atoms with E-state index in [9.17, 15) is 107 Å². The van der Waals surface area contributed by atoms with E-state index in [0.717, 1.165) is 20.8 Å². The smallest absolute Gasteiger partial charge is 0.305 e. The predicted molar refractivity (Wildman–Crippen MR) is 344 cm³/mol. The van der Waals surface area contributed by atoms with Gasteiger partial charge in [-0.15, -0.1) is 0 Å². The van der Waals surface area contributed by atoms with Crippen molar-refractivity contribution in [1.82, 2.24) is 73.8 Å². The van der Waals surface area contributed by atoms with Gasteiger partial charge < -0.3 is 117 Å². The highest BCUT2D eigenvalue weighted by molar-refractivity contribution is 6.00. The Morgan fingerprint density at radius 1 is 0.505 bits per heavy atom. The summed E-state index contributed by atoms with van der Waals surface area (Å²) in [5.74, 6) is -18.3. The summed E-state index contributed by atoms with van der Waals surface area (Å²) in [6.45, 7) is 2.67. The van der Waals surface area contributed by atoms with Gasteiger partial charge in [0.05, 0.1) is 63.3 Å². The van der Waals surface area contributed by atoms with E-state index in [4.69, 9.17) is 17.2 Å². The summed E-state index contributed by atoms with van der Waals surface area (Å²) < 4.78 is 0. The Morgan fingerprint density at radius 2 is 0.970 bits per heavy atom. The number of primary amides is 1. The Kier molecular flexibility index (Phi) is 37.7. The molecule has 99 heavy (non-hydrogen) atoms. The minimum atomic E-state index is -2.08. The first-order valence-corrected chi connectivity index (χ1v) is 31.4. The van der Waals surface area contributed by atoms with Crippen molar-refractivity contribution in [2.24, 2.45) is 23.1 Å². The van der Waals surface area contributed by atoms with Gasteiger partial charge in [-0.3, -0.25) is 76.7 Å². The fourth-order valence-corrected chi connectivity index (χ4v) is 9.23. The van der Waals surface area contributed by atoms with E-state index in [0.29, 0.717) is 17.7 Å². The third kappa shape index (κ3) is 32.2. The van der Waals surface area contributed by atoms with E-state index >= 15 is 0 Å². The van der Waals surface area contributed by atoms with E-state index in [1.165, 1.54) is 24.7 Å². The van der Waals surface area contributed by atoms with Crippen LogP contribution in [0.1, 0.15) is 104 Å². The van der Waals surface area contributed by atoms with Gasteiger partial charge in [0, 0.05) is 37.6 Å². The number of carboxylic acids is 2. The second-order valence-corrected chi connectivity index (χ2v) is 23.5. The highest BCUT2D eigenvalue weighted by Gasteiger charge is 2.38. The number of ketones is 1. The number of aliphatic hydroxyl groups excluding tert-OH is 4. The number of rotatable bonds is 47. The zero-order valence-electron chi connectivity index (χ0n) is 55.3. The zero-order valence-corrected chi connectivity index (χ0v) is 55.3. The minimum absolute atomic E-state index is 0.0323. The number of hydrogen-bond donors (Lipinski definition) is 22. The van der Waals surface area contributed by atoms with E-state index < -0.39 is 225 Å². The van der Waals surface area contributed by atoms with Crippen molar-refractivity contribution >= 4 is 94.5 Å². The number of amides is 13. The molecule has 13 atom stereocenters. The number of aliphatic hydroxyl groups is 4. The third-order valence-corrected chi connectivity index (χ3v) is 14.6. The van der Waals surface area contributed by atoms with Gasteiger partial charge >= 0.3 is 11.9 Å². The fourth-order valence-electron chi connectivity index (χ4n) is 9.23. The lowest BCUT2D eigenvalue weighted by atomic mass is 10.0. The van der Waals surface area contributed by atoms with Crippen molar-refractivity contribution in [3.63, 3.8) is 0 Å². The Balaban J connectivity index is 2.29. The van der Waals surface area contributed by atoms with Crippen LogP contribution in [0.25, 0.3) is 0 Å². The molecule has 13 amide bonds. The first-order valence-electron chi connectivity index (χ1n) is 31.4. The molecule has 2 aromatic rings. The topological polar surface area (TPSA) is 646 Å². The number of Topliss-reactive ketones (excluding diaryl/α,β-unsaturated/α-hetero) is 1. The summed E-state index contributed by atoms with van der Waals surface area (Å²) in [5.41, 5.74) is 17.6. The monoisotopic (exact) mass is 1400 g/mol. The Morgan fingerprint density at radius 3 is 1.48 bits per heavy atom. The van der Waals surface area contributed by atoms with Gasteiger partial charge in [0.2, 0.25) is 76.8 Å². The molecule has 2 rings (SSSR count). The summed E-state index contributed by atoms with van der Waals surface area (Å²) in [7, 11) is 0. The molecule has 0 fully saturated rings. The van der Waals surface area contributed by atoms with E-state index in [2.05, 4.69) is 73.8 Å². The zero-order chi connectivity index (χ0) is 74.6. The number of aromatic amines is 1. The predicted octanol–water partition coefficient (Wildman–Crippen LogP) is -9.28. The molecule has 0 bridgehead atoms. The van der Waals surface area contributed by atoms with Crippen LogP contribution in [0.5, 0.6) is 0 Å². The van der Waals surface area contributed by atoms with Gasteiger partial charge in [0.25, 0.3) is 0 Å². The van der Waals surface area contributed by atoms with Crippen LogP contribution in [-0.2, 0) is 89.6 Å². The average molecular weight is 1400 g/mol. The third-order valence-electron chi connectivity index (χ3n) is 14.6. The van der Waals surface area contributed by atoms with Crippen LogP contribution in [0.3, 0.4) is 0 Å². The molecule has 2 unspecified atom stereocenters. The van der Waals surface area contributed by atoms with Crippen LogP contribution in [0.15, 0.2) is 42.9 Å². The molecule has 0 aliphatic carbocycles. The summed E-state index contributed by atoms with van der Waals surface area (Å²) >= 11 is 0. The van der Waals surface area contributed by atoms with Gasteiger partial charge in [-0.1, -0.05) is 44.2 Å². The summed E-state index contributed by atoms with van der Waals surface area (Å²) in [6, 6.07) is -10.7. The van der Waals surface area contributed by atoms with Crippen LogP contribution in [-0.4, -0.2) is 247 Å². The molecule has 1 aromatic heterocycles. The van der Waals surface area contributed by atoms with E-state index in [1.54, 1.807) is 32.0 Å². The van der Waals surface area contributed by atoms with E-state index in [-0.39, 0.29) is 51.5 Å². The summed E-state index contributed by atoms with van der Waals surface area (Å²) in [4.78, 5) is 216. The number of aliphatic carboxylic acids is 2. The number of carbonyl (C=O) groups excluding carboxylic acids is 14. The number of nitrogens with zero attached hydrogens (tertiary/aromatic N) is 1. The number of imidazole rings is 1. The Labute approximate surface area is 567 Å². The molecule has 0 saturated heterocycles. The van der Waals surface area contributed by atoms with Crippen LogP contribution in [0, 0.1) is 5.92 Å². The van der Waals surface area contributed by atoms with Crippen molar-refractivity contribution in [3.05, 3.63) is 54.1 Å². The minimum Gasteiger partial charge on any atom is -0.481 e. The molecule has 0 radical (unpaired) electrons. The van der Waals surface area contributed by atoms with Gasteiger partial charge in [-0.2, -0.15) is 0 Å². The molecule has 0 aliphatic heterocycles. The van der Waals surface area contributed by atoms with Crippen molar-refractivity contribution < 1.29 is 107 Å². The molecule has 0 saturated carbocycles. The fraction of sp³-hybridized carbons (Fsp3) is 0.583. The molecular formula is C60H93N17O22. The molecule has 39 nitrogen and oxygen atoms in total. The van der Waals surface area contributed by atoms with Crippen molar-refractivity contribution in [2.45, 2.75) is 184 Å². The molecule has 39 heteroatoms. The summed E-state index contributed by atoms with van der Waals surface area (Å²) in [5, 5.41) is 88.3.